The molecular formula is C39H30N8O14S4. The summed E-state index contributed by atoms with van der Waals surface area (Å²) in [5, 5.41) is 39.1. The van der Waals surface area contributed by atoms with Crippen LogP contribution in [0.3, 0.4) is 0 Å². The lowest BCUT2D eigenvalue weighted by atomic mass is 10.1. The van der Waals surface area contributed by atoms with Crippen LogP contribution in [-0.2, 0) is 45.3 Å². The summed E-state index contributed by atoms with van der Waals surface area (Å²) in [5.74, 6) is -1.41. The third-order valence-corrected chi connectivity index (χ3v) is 13.0. The molecule has 0 spiro atoms. The Bertz CT molecular complexity index is 3770. The predicted octanol–water partition coefficient (Wildman–Crippen LogP) is 8.93. The number of aryl methyl sites for hydroxylation is 1. The zero-order chi connectivity index (χ0) is 47.4. The number of rotatable bonds is 11. The number of amides is 1. The Labute approximate surface area is 367 Å². The number of hydrogen-bond acceptors (Lipinski definition) is 17. The first-order chi connectivity index (χ1) is 30.3. The van der Waals surface area contributed by atoms with Gasteiger partial charge in [-0.1, -0.05) is 24.3 Å². The molecule has 0 aromatic heterocycles. The normalized spacial score (nSPS) is 13.0. The van der Waals surface area contributed by atoms with Crippen LogP contribution in [0.4, 0.5) is 45.5 Å². The van der Waals surface area contributed by atoms with E-state index in [0.717, 1.165) is 30.3 Å². The SMILES string of the molecule is CC(=O)Nc1cc(N=Nc2ccc(N=Nc3c(S(=O)(=O)O)cc4cc(S(=O)(=O)O)c(N)cc4c3O)c3cc(S(=O)(=O)O)ccc23)c(C)cc1N=Nc1ccc2c(S(=O)(=O)O)cccc2c1. The number of phenolic OH excluding ortho intramolecular Hbond substituents is 1. The number of azo groups is 3. The third-order valence-electron chi connectivity index (χ3n) is 9.50. The molecule has 26 heteroatoms. The van der Waals surface area contributed by atoms with E-state index >= 15 is 0 Å². The highest BCUT2D eigenvalue weighted by atomic mass is 32.2. The number of anilines is 2. The lowest BCUT2D eigenvalue weighted by molar-refractivity contribution is -0.114. The number of nitrogens with zero attached hydrogens (tertiary/aromatic N) is 6. The van der Waals surface area contributed by atoms with Crippen molar-refractivity contribution in [3.8, 4) is 5.75 Å². The van der Waals surface area contributed by atoms with Gasteiger partial charge >= 0.3 is 0 Å². The van der Waals surface area contributed by atoms with Gasteiger partial charge in [-0.3, -0.25) is 23.0 Å². The van der Waals surface area contributed by atoms with E-state index in [-0.39, 0.29) is 60.3 Å². The third kappa shape index (κ3) is 9.68. The van der Waals surface area contributed by atoms with Gasteiger partial charge in [0.15, 0.2) is 5.75 Å². The molecule has 0 aliphatic carbocycles. The van der Waals surface area contributed by atoms with E-state index in [1.165, 1.54) is 55.5 Å². The zero-order valence-corrected chi connectivity index (χ0v) is 36.3. The Morgan fingerprint density at radius 2 is 1.14 bits per heavy atom. The molecule has 0 aliphatic heterocycles. The number of nitrogen functional groups attached to an aromatic ring is 1. The largest absolute Gasteiger partial charge is 0.505 e. The molecule has 0 saturated carbocycles. The molecule has 0 fully saturated rings. The quantitative estimate of drug-likeness (QED) is 0.0361. The Balaban J connectivity index is 1.29. The first-order valence-electron chi connectivity index (χ1n) is 18.1. The van der Waals surface area contributed by atoms with E-state index in [1.54, 1.807) is 25.1 Å². The summed E-state index contributed by atoms with van der Waals surface area (Å²) in [6.07, 6.45) is 0. The molecule has 7 aromatic rings. The van der Waals surface area contributed by atoms with Crippen molar-refractivity contribution >= 4 is 124 Å². The van der Waals surface area contributed by atoms with Crippen molar-refractivity contribution in [1.29, 1.82) is 0 Å². The number of nitrogens with two attached hydrogens (primary N) is 1. The number of hydrogen-bond donors (Lipinski definition) is 7. The van der Waals surface area contributed by atoms with Crippen molar-refractivity contribution in [1.82, 2.24) is 0 Å². The number of nitrogens with one attached hydrogen (secondary N) is 1. The highest BCUT2D eigenvalue weighted by molar-refractivity contribution is 7.86. The van der Waals surface area contributed by atoms with Gasteiger partial charge in [-0.15, -0.1) is 20.5 Å². The average Bonchev–Trinajstić information content (AvgIpc) is 3.20. The molecule has 0 unspecified atom stereocenters. The van der Waals surface area contributed by atoms with E-state index in [9.17, 15) is 61.8 Å². The minimum Gasteiger partial charge on any atom is -0.505 e. The van der Waals surface area contributed by atoms with Crippen LogP contribution in [0.2, 0.25) is 0 Å². The smallest absolute Gasteiger partial charge is 0.296 e. The van der Waals surface area contributed by atoms with Crippen molar-refractivity contribution in [3.63, 3.8) is 0 Å². The molecule has 0 saturated heterocycles. The monoisotopic (exact) mass is 962 g/mol. The van der Waals surface area contributed by atoms with Gasteiger partial charge in [-0.2, -0.15) is 43.9 Å². The highest BCUT2D eigenvalue weighted by Crippen LogP contribution is 2.45. The number of carbonyl (C=O) groups is 1. The summed E-state index contributed by atoms with van der Waals surface area (Å²) < 4.78 is 136. The molecule has 65 heavy (non-hydrogen) atoms. The average molecular weight is 963 g/mol. The molecule has 7 aromatic carbocycles. The van der Waals surface area contributed by atoms with Gasteiger partial charge < -0.3 is 16.2 Å². The van der Waals surface area contributed by atoms with Crippen molar-refractivity contribution in [2.24, 2.45) is 30.7 Å². The van der Waals surface area contributed by atoms with E-state index in [1.807, 2.05) is 0 Å². The summed E-state index contributed by atoms with van der Waals surface area (Å²) in [5.41, 5.74) is 5.67. The van der Waals surface area contributed by atoms with Crippen molar-refractivity contribution in [2.75, 3.05) is 11.1 Å². The second kappa shape index (κ2) is 16.8. The Hall–Kier alpha value is -7.17. The standard InChI is InChI=1S/C39H30N8O14S4/c1-19-12-34(46-42-23-6-8-25-21(13-23)4-3-5-35(25)63(53,54)55)33(41-20(2)48)18-32(19)45-43-30-10-11-31(28-16-24(62(50,51)52)7-9-26(28)30)44-47-38-37(65(59,60)61)15-22-14-36(64(56,57)58)29(40)17-27(22)39(38)49/h3-18,49H,40H2,1-2H3,(H,41,48)(H,50,51,52)(H,53,54,55)(H,56,57,58)(H,59,60,61). The van der Waals surface area contributed by atoms with Crippen LogP contribution in [0.1, 0.15) is 12.5 Å². The molecule has 7 rings (SSSR count). The van der Waals surface area contributed by atoms with Crippen molar-refractivity contribution in [2.45, 2.75) is 33.4 Å². The molecule has 0 atom stereocenters. The number of aromatic hydroxyl groups is 1. The van der Waals surface area contributed by atoms with Crippen LogP contribution in [0.5, 0.6) is 5.75 Å². The predicted molar refractivity (Wildman–Crippen MR) is 235 cm³/mol. The van der Waals surface area contributed by atoms with Crippen LogP contribution in [0.15, 0.2) is 147 Å². The molecule has 8 N–H and O–H groups in total. The second-order valence-corrected chi connectivity index (χ2v) is 19.6. The number of fused-ring (bicyclic) bond motifs is 3. The van der Waals surface area contributed by atoms with Gasteiger partial charge in [-0.05, 0) is 96.1 Å². The van der Waals surface area contributed by atoms with Gasteiger partial charge in [0.2, 0.25) is 5.91 Å². The van der Waals surface area contributed by atoms with Gasteiger partial charge in [-0.25, -0.2) is 0 Å². The molecular weight excluding hydrogens is 933 g/mol. The van der Waals surface area contributed by atoms with E-state index < -0.39 is 78.2 Å². The Morgan fingerprint density at radius 1 is 0.538 bits per heavy atom. The molecule has 0 bridgehead atoms. The minimum absolute atomic E-state index is 0.0506. The first-order valence-corrected chi connectivity index (χ1v) is 23.8. The lowest BCUT2D eigenvalue weighted by Crippen LogP contribution is -2.05. The number of benzene rings is 7. The molecule has 0 radical (unpaired) electrons. The fraction of sp³-hybridized carbons (Fsp3) is 0.0513. The molecule has 1 amide bonds. The van der Waals surface area contributed by atoms with Crippen LogP contribution in [-0.4, -0.2) is 62.9 Å². The molecule has 22 nitrogen and oxygen atoms in total. The summed E-state index contributed by atoms with van der Waals surface area (Å²) in [7, 11) is -19.4. The maximum absolute atomic E-state index is 12.5. The van der Waals surface area contributed by atoms with Crippen LogP contribution >= 0.6 is 0 Å². The van der Waals surface area contributed by atoms with Gasteiger partial charge in [0.1, 0.15) is 26.1 Å². The van der Waals surface area contributed by atoms with Crippen LogP contribution < -0.4 is 11.1 Å². The van der Waals surface area contributed by atoms with Gasteiger partial charge in [0.25, 0.3) is 40.5 Å². The fourth-order valence-corrected chi connectivity index (χ4v) is 9.06. The zero-order valence-electron chi connectivity index (χ0n) is 33.0. The van der Waals surface area contributed by atoms with E-state index in [0.29, 0.717) is 16.6 Å². The van der Waals surface area contributed by atoms with Crippen molar-refractivity contribution in [3.05, 3.63) is 103 Å². The van der Waals surface area contributed by atoms with E-state index in [2.05, 4.69) is 36.0 Å². The summed E-state index contributed by atoms with van der Waals surface area (Å²) in [6, 6.07) is 20.2. The van der Waals surface area contributed by atoms with Crippen molar-refractivity contribution < 1.29 is 61.8 Å². The maximum atomic E-state index is 12.5. The number of phenols is 1. The van der Waals surface area contributed by atoms with Gasteiger partial charge in [0.05, 0.1) is 39.0 Å². The minimum atomic E-state index is -5.22. The number of carbonyl (C=O) groups excluding carboxylic acids is 1. The Morgan fingerprint density at radius 3 is 1.78 bits per heavy atom. The first kappa shape index (κ1) is 45.8. The summed E-state index contributed by atoms with van der Waals surface area (Å²) >= 11 is 0. The lowest BCUT2D eigenvalue weighted by Gasteiger charge is -2.11. The van der Waals surface area contributed by atoms with Crippen LogP contribution in [0, 0.1) is 6.92 Å². The summed E-state index contributed by atoms with van der Waals surface area (Å²) in [6.45, 7) is 2.91. The highest BCUT2D eigenvalue weighted by Gasteiger charge is 2.25. The molecule has 0 heterocycles. The summed E-state index contributed by atoms with van der Waals surface area (Å²) in [4.78, 5) is 9.48. The molecule has 334 valence electrons. The Kier molecular flexibility index (Phi) is 11.8. The van der Waals surface area contributed by atoms with Crippen LogP contribution in [0.25, 0.3) is 32.3 Å². The molecule has 0 aliphatic rings. The van der Waals surface area contributed by atoms with Gasteiger partial charge in [0, 0.05) is 28.5 Å². The fourth-order valence-electron chi connectivity index (χ4n) is 6.55. The van der Waals surface area contributed by atoms with E-state index in [4.69, 9.17) is 5.73 Å². The second-order valence-electron chi connectivity index (χ2n) is 14.0. The maximum Gasteiger partial charge on any atom is 0.296 e. The topological polar surface area (TPSA) is 367 Å².